The Bertz CT molecular complexity index is 921. The summed E-state index contributed by atoms with van der Waals surface area (Å²) in [5, 5.41) is 6.74. The lowest BCUT2D eigenvalue weighted by Gasteiger charge is -2.10. The third-order valence-corrected chi connectivity index (χ3v) is 3.79. The van der Waals surface area contributed by atoms with Gasteiger partial charge in [0, 0.05) is 17.7 Å². The Labute approximate surface area is 157 Å². The van der Waals surface area contributed by atoms with Crippen molar-refractivity contribution in [1.82, 2.24) is 10.1 Å². The number of rotatable bonds is 7. The molecule has 27 heavy (non-hydrogen) atoms. The molecule has 1 heterocycles. The van der Waals surface area contributed by atoms with Crippen molar-refractivity contribution in [2.75, 3.05) is 19.0 Å². The van der Waals surface area contributed by atoms with Gasteiger partial charge in [0.2, 0.25) is 0 Å². The predicted octanol–water partition coefficient (Wildman–Crippen LogP) is 3.89. The maximum atomic E-state index is 12.2. The molecule has 2 aromatic carbocycles. The van der Waals surface area contributed by atoms with Gasteiger partial charge in [0.1, 0.15) is 11.5 Å². The molecule has 140 valence electrons. The summed E-state index contributed by atoms with van der Waals surface area (Å²) in [6.45, 7) is 3.82. The number of hydrogen-bond acceptors (Lipinski definition) is 6. The number of anilines is 1. The number of nitrogens with zero attached hydrogens (tertiary/aromatic N) is 2. The SMILES string of the molecule is COc1cccc(NC(=O)COc2ccccc2-c2nc(C(C)C)no2)c1. The number of hydrogen-bond donors (Lipinski definition) is 1. The zero-order valence-corrected chi connectivity index (χ0v) is 15.4. The van der Waals surface area contributed by atoms with Crippen molar-refractivity contribution in [3.05, 3.63) is 54.4 Å². The second kappa shape index (κ2) is 8.35. The third kappa shape index (κ3) is 4.63. The minimum atomic E-state index is -0.286. The average Bonchev–Trinajstić information content (AvgIpc) is 3.17. The minimum absolute atomic E-state index is 0.153. The maximum Gasteiger partial charge on any atom is 0.262 e. The number of carbonyl (C=O) groups excluding carboxylic acids is 1. The van der Waals surface area contributed by atoms with E-state index in [9.17, 15) is 4.79 Å². The van der Waals surface area contributed by atoms with E-state index >= 15 is 0 Å². The van der Waals surface area contributed by atoms with E-state index in [0.29, 0.717) is 34.5 Å². The zero-order valence-electron chi connectivity index (χ0n) is 15.4. The molecule has 0 aliphatic carbocycles. The number of ether oxygens (including phenoxy) is 2. The maximum absolute atomic E-state index is 12.2. The Morgan fingerprint density at radius 2 is 2.00 bits per heavy atom. The highest BCUT2D eigenvalue weighted by molar-refractivity contribution is 5.92. The first-order chi connectivity index (χ1) is 13.1. The summed E-state index contributed by atoms with van der Waals surface area (Å²) >= 11 is 0. The standard InChI is InChI=1S/C20H21N3O4/c1-13(2)19-22-20(27-23-19)16-9-4-5-10-17(16)26-12-18(24)21-14-7-6-8-15(11-14)25-3/h4-11,13H,12H2,1-3H3,(H,21,24). The molecule has 3 rings (SSSR count). The Morgan fingerprint density at radius 3 is 2.74 bits per heavy atom. The summed E-state index contributed by atoms with van der Waals surface area (Å²) in [5.41, 5.74) is 1.28. The van der Waals surface area contributed by atoms with E-state index in [1.807, 2.05) is 32.0 Å². The van der Waals surface area contributed by atoms with Gasteiger partial charge >= 0.3 is 0 Å². The van der Waals surface area contributed by atoms with Crippen LogP contribution in [0.4, 0.5) is 5.69 Å². The number of aromatic nitrogens is 2. The van der Waals surface area contributed by atoms with Crippen molar-refractivity contribution < 1.29 is 18.8 Å². The van der Waals surface area contributed by atoms with Crippen LogP contribution in [0.1, 0.15) is 25.6 Å². The van der Waals surface area contributed by atoms with Gasteiger partial charge < -0.3 is 19.3 Å². The molecule has 0 spiro atoms. The van der Waals surface area contributed by atoms with E-state index in [0.717, 1.165) is 0 Å². The minimum Gasteiger partial charge on any atom is -0.497 e. The first kappa shape index (κ1) is 18.4. The van der Waals surface area contributed by atoms with Crippen molar-refractivity contribution in [3.63, 3.8) is 0 Å². The fraction of sp³-hybridized carbons (Fsp3) is 0.250. The summed E-state index contributed by atoms with van der Waals surface area (Å²) < 4.78 is 16.1. The summed E-state index contributed by atoms with van der Waals surface area (Å²) in [7, 11) is 1.57. The lowest BCUT2D eigenvalue weighted by molar-refractivity contribution is -0.118. The molecule has 7 heteroatoms. The quantitative estimate of drug-likeness (QED) is 0.682. The highest BCUT2D eigenvalue weighted by atomic mass is 16.5. The fourth-order valence-corrected chi connectivity index (χ4v) is 2.39. The Morgan fingerprint density at radius 1 is 1.19 bits per heavy atom. The fourth-order valence-electron chi connectivity index (χ4n) is 2.39. The van der Waals surface area contributed by atoms with Crippen LogP contribution < -0.4 is 14.8 Å². The molecule has 0 aliphatic rings. The average molecular weight is 367 g/mol. The molecular weight excluding hydrogens is 346 g/mol. The molecule has 1 aromatic heterocycles. The smallest absolute Gasteiger partial charge is 0.262 e. The number of para-hydroxylation sites is 1. The van der Waals surface area contributed by atoms with Gasteiger partial charge in [-0.2, -0.15) is 4.98 Å². The van der Waals surface area contributed by atoms with Crippen LogP contribution in [0.2, 0.25) is 0 Å². The molecule has 1 N–H and O–H groups in total. The van der Waals surface area contributed by atoms with Gasteiger partial charge in [0.05, 0.1) is 12.7 Å². The Kier molecular flexibility index (Phi) is 5.71. The van der Waals surface area contributed by atoms with Crippen molar-refractivity contribution in [2.24, 2.45) is 0 Å². The van der Waals surface area contributed by atoms with Crippen LogP contribution in [-0.2, 0) is 4.79 Å². The normalized spacial score (nSPS) is 10.7. The van der Waals surface area contributed by atoms with Crippen LogP contribution in [0, 0.1) is 0 Å². The molecule has 3 aromatic rings. The van der Waals surface area contributed by atoms with Gasteiger partial charge in [-0.3, -0.25) is 4.79 Å². The summed E-state index contributed by atoms with van der Waals surface area (Å²) in [6.07, 6.45) is 0. The van der Waals surface area contributed by atoms with Gasteiger partial charge in [-0.1, -0.05) is 37.2 Å². The predicted molar refractivity (Wildman–Crippen MR) is 101 cm³/mol. The van der Waals surface area contributed by atoms with E-state index in [4.69, 9.17) is 14.0 Å². The van der Waals surface area contributed by atoms with E-state index in [-0.39, 0.29) is 18.4 Å². The van der Waals surface area contributed by atoms with E-state index in [1.54, 1.807) is 37.4 Å². The lowest BCUT2D eigenvalue weighted by Crippen LogP contribution is -2.20. The molecule has 0 unspecified atom stereocenters. The second-order valence-electron chi connectivity index (χ2n) is 6.18. The molecule has 0 saturated carbocycles. The molecule has 0 atom stereocenters. The van der Waals surface area contributed by atoms with Crippen molar-refractivity contribution >= 4 is 11.6 Å². The van der Waals surface area contributed by atoms with Crippen LogP contribution in [0.3, 0.4) is 0 Å². The molecule has 1 amide bonds. The first-order valence-electron chi connectivity index (χ1n) is 8.56. The van der Waals surface area contributed by atoms with Crippen LogP contribution in [0.15, 0.2) is 53.1 Å². The monoisotopic (exact) mass is 367 g/mol. The van der Waals surface area contributed by atoms with Gasteiger partial charge in [-0.25, -0.2) is 0 Å². The number of benzene rings is 2. The highest BCUT2D eigenvalue weighted by Gasteiger charge is 2.16. The van der Waals surface area contributed by atoms with E-state index in [2.05, 4.69) is 15.5 Å². The molecule has 0 saturated heterocycles. The van der Waals surface area contributed by atoms with Crippen molar-refractivity contribution in [2.45, 2.75) is 19.8 Å². The van der Waals surface area contributed by atoms with Gasteiger partial charge in [-0.15, -0.1) is 0 Å². The zero-order chi connectivity index (χ0) is 19.2. The number of methoxy groups -OCH3 is 1. The third-order valence-electron chi connectivity index (χ3n) is 3.79. The first-order valence-corrected chi connectivity index (χ1v) is 8.56. The Balaban J connectivity index is 1.68. The molecule has 0 radical (unpaired) electrons. The van der Waals surface area contributed by atoms with Crippen molar-refractivity contribution in [3.8, 4) is 23.0 Å². The number of nitrogens with one attached hydrogen (secondary N) is 1. The van der Waals surface area contributed by atoms with E-state index < -0.39 is 0 Å². The van der Waals surface area contributed by atoms with E-state index in [1.165, 1.54) is 0 Å². The largest absolute Gasteiger partial charge is 0.497 e. The second-order valence-corrected chi connectivity index (χ2v) is 6.18. The van der Waals surface area contributed by atoms with Gasteiger partial charge in [0.15, 0.2) is 12.4 Å². The number of amides is 1. The summed E-state index contributed by atoms with van der Waals surface area (Å²) in [5.74, 6) is 2.02. The lowest BCUT2D eigenvalue weighted by atomic mass is 10.2. The molecule has 0 bridgehead atoms. The van der Waals surface area contributed by atoms with Gasteiger partial charge in [-0.05, 0) is 24.3 Å². The van der Waals surface area contributed by atoms with Crippen LogP contribution in [-0.4, -0.2) is 29.8 Å². The summed E-state index contributed by atoms with van der Waals surface area (Å²) in [4.78, 5) is 16.6. The molecule has 0 aliphatic heterocycles. The van der Waals surface area contributed by atoms with Gasteiger partial charge in [0.25, 0.3) is 11.8 Å². The Hall–Kier alpha value is -3.35. The molecule has 0 fully saturated rings. The van der Waals surface area contributed by atoms with Crippen LogP contribution >= 0.6 is 0 Å². The van der Waals surface area contributed by atoms with Crippen LogP contribution in [0.5, 0.6) is 11.5 Å². The number of carbonyl (C=O) groups is 1. The van der Waals surface area contributed by atoms with Crippen molar-refractivity contribution in [1.29, 1.82) is 0 Å². The van der Waals surface area contributed by atoms with Crippen LogP contribution in [0.25, 0.3) is 11.5 Å². The summed E-state index contributed by atoms with van der Waals surface area (Å²) in [6, 6.07) is 14.3. The topological polar surface area (TPSA) is 86.5 Å². The molecule has 7 nitrogen and oxygen atoms in total. The highest BCUT2D eigenvalue weighted by Crippen LogP contribution is 2.29. The molecular formula is C20H21N3O4.